The Bertz CT molecular complexity index is 1580. The van der Waals surface area contributed by atoms with Gasteiger partial charge < -0.3 is 19.7 Å². The fraction of sp³-hybridized carbons (Fsp3) is 0.342. The minimum Gasteiger partial charge on any atom is -0.504 e. The van der Waals surface area contributed by atoms with Crippen LogP contribution in [-0.4, -0.2) is 48.2 Å². The highest BCUT2D eigenvalue weighted by molar-refractivity contribution is 5.98. The summed E-state index contributed by atoms with van der Waals surface area (Å²) in [5, 5.41) is 20.1. The van der Waals surface area contributed by atoms with Crippen LogP contribution >= 0.6 is 0 Å². The first kappa shape index (κ1) is 29.8. The van der Waals surface area contributed by atoms with E-state index < -0.39 is 0 Å². The summed E-state index contributed by atoms with van der Waals surface area (Å²) < 4.78 is 10.9. The van der Waals surface area contributed by atoms with Crippen molar-refractivity contribution in [1.29, 1.82) is 0 Å². The van der Waals surface area contributed by atoms with Crippen LogP contribution in [0.15, 0.2) is 84.9 Å². The van der Waals surface area contributed by atoms with Crippen molar-refractivity contribution in [3.05, 3.63) is 118 Å². The van der Waals surface area contributed by atoms with Gasteiger partial charge in [0.15, 0.2) is 17.3 Å². The number of aromatic hydroxyl groups is 2. The number of rotatable bonds is 8. The van der Waals surface area contributed by atoms with E-state index in [4.69, 9.17) is 9.47 Å². The third-order valence-corrected chi connectivity index (χ3v) is 9.87. The number of phenols is 2. The highest BCUT2D eigenvalue weighted by atomic mass is 16.5. The standard InChI is InChI=1S/C38H41NO5/c1-25-33(17-8-27-21-35(40)36(41)22-34(25)27)37(42)28-7-4-6-26(20-28)23-39-19-5-18-38(24-39,29-9-13-31(43-2)14-10-29)30-11-15-32(44-3)16-12-30/h4,6-7,9-16,20-22,25,33,40-41H,5,8,17-19,23-24H2,1-3H3. The van der Waals surface area contributed by atoms with E-state index in [1.807, 2.05) is 43.3 Å². The first-order valence-corrected chi connectivity index (χ1v) is 15.5. The molecule has 0 radical (unpaired) electrons. The maximum absolute atomic E-state index is 13.8. The average Bonchev–Trinajstić information content (AvgIpc) is 3.06. The quantitative estimate of drug-likeness (QED) is 0.166. The van der Waals surface area contributed by atoms with E-state index >= 15 is 0 Å². The topological polar surface area (TPSA) is 79.2 Å². The fourth-order valence-electron chi connectivity index (χ4n) is 7.45. The summed E-state index contributed by atoms with van der Waals surface area (Å²) in [7, 11) is 3.39. The number of hydrogen-bond donors (Lipinski definition) is 2. The second-order valence-electron chi connectivity index (χ2n) is 12.4. The van der Waals surface area contributed by atoms with Crippen LogP contribution in [0.2, 0.25) is 0 Å². The number of carbonyl (C=O) groups excluding carboxylic acids is 1. The smallest absolute Gasteiger partial charge is 0.166 e. The molecule has 6 heteroatoms. The van der Waals surface area contributed by atoms with Gasteiger partial charge >= 0.3 is 0 Å². The van der Waals surface area contributed by atoms with Gasteiger partial charge in [-0.15, -0.1) is 0 Å². The van der Waals surface area contributed by atoms with Crippen LogP contribution in [-0.2, 0) is 18.4 Å². The molecule has 0 bridgehead atoms. The van der Waals surface area contributed by atoms with Crippen molar-refractivity contribution >= 4 is 5.78 Å². The third kappa shape index (κ3) is 5.67. The largest absolute Gasteiger partial charge is 0.504 e. The van der Waals surface area contributed by atoms with Crippen LogP contribution in [0.3, 0.4) is 0 Å². The number of Topliss-reactive ketones (excluding diaryl/α,β-unsaturated/α-hetero) is 1. The molecular formula is C38H41NO5. The van der Waals surface area contributed by atoms with Gasteiger partial charge in [0.25, 0.3) is 0 Å². The molecule has 1 aliphatic carbocycles. The third-order valence-electron chi connectivity index (χ3n) is 9.87. The molecular weight excluding hydrogens is 550 g/mol. The van der Waals surface area contributed by atoms with E-state index in [1.54, 1.807) is 26.4 Å². The number of benzene rings is 4. The zero-order valence-corrected chi connectivity index (χ0v) is 25.8. The highest BCUT2D eigenvalue weighted by Gasteiger charge is 2.39. The summed E-state index contributed by atoms with van der Waals surface area (Å²) >= 11 is 0. The highest BCUT2D eigenvalue weighted by Crippen LogP contribution is 2.43. The van der Waals surface area contributed by atoms with Gasteiger partial charge in [0, 0.05) is 30.0 Å². The Balaban J connectivity index is 1.24. The molecule has 228 valence electrons. The number of aryl methyl sites for hydroxylation is 1. The maximum Gasteiger partial charge on any atom is 0.166 e. The number of ether oxygens (including phenoxy) is 2. The number of carbonyl (C=O) groups is 1. The van der Waals surface area contributed by atoms with Gasteiger partial charge in [-0.2, -0.15) is 0 Å². The molecule has 6 nitrogen and oxygen atoms in total. The predicted molar refractivity (Wildman–Crippen MR) is 172 cm³/mol. The lowest BCUT2D eigenvalue weighted by Crippen LogP contribution is -2.46. The van der Waals surface area contributed by atoms with Crippen molar-refractivity contribution < 1.29 is 24.5 Å². The Morgan fingerprint density at radius 3 is 2.16 bits per heavy atom. The summed E-state index contributed by atoms with van der Waals surface area (Å²) in [5.74, 6) is 1.38. The molecule has 4 aromatic rings. The normalized spacial score (nSPS) is 19.6. The number of nitrogens with zero attached hydrogens (tertiary/aromatic N) is 1. The monoisotopic (exact) mass is 591 g/mol. The van der Waals surface area contributed by atoms with Crippen molar-refractivity contribution in [2.75, 3.05) is 27.3 Å². The summed E-state index contributed by atoms with van der Waals surface area (Å²) in [6.45, 7) is 4.65. The molecule has 1 saturated heterocycles. The van der Waals surface area contributed by atoms with Crippen LogP contribution in [0, 0.1) is 5.92 Å². The van der Waals surface area contributed by atoms with E-state index in [2.05, 4.69) is 41.3 Å². The van der Waals surface area contributed by atoms with Gasteiger partial charge in [-0.3, -0.25) is 9.69 Å². The fourth-order valence-corrected chi connectivity index (χ4v) is 7.45. The molecule has 2 N–H and O–H groups in total. The predicted octanol–water partition coefficient (Wildman–Crippen LogP) is 7.25. The molecule has 6 rings (SSSR count). The van der Waals surface area contributed by atoms with Crippen LogP contribution in [0.5, 0.6) is 23.0 Å². The van der Waals surface area contributed by atoms with E-state index in [-0.39, 0.29) is 34.5 Å². The zero-order valence-electron chi connectivity index (χ0n) is 25.8. The summed E-state index contributed by atoms with van der Waals surface area (Å²) in [5.41, 5.74) is 6.17. The van der Waals surface area contributed by atoms with E-state index in [0.717, 1.165) is 72.6 Å². The molecule has 1 heterocycles. The zero-order chi connectivity index (χ0) is 30.8. The van der Waals surface area contributed by atoms with E-state index in [1.165, 1.54) is 11.1 Å². The van der Waals surface area contributed by atoms with Crippen LogP contribution < -0.4 is 9.47 Å². The van der Waals surface area contributed by atoms with Crippen molar-refractivity contribution in [2.24, 2.45) is 5.92 Å². The van der Waals surface area contributed by atoms with Crippen molar-refractivity contribution in [3.8, 4) is 23.0 Å². The molecule has 2 atom stereocenters. The minimum absolute atomic E-state index is 0.0434. The lowest BCUT2D eigenvalue weighted by molar-refractivity contribution is 0.0890. The number of phenolic OH excluding ortho intramolecular Hbond substituents is 2. The molecule has 2 aliphatic rings. The molecule has 1 fully saturated rings. The van der Waals surface area contributed by atoms with Gasteiger partial charge in [0.05, 0.1) is 14.2 Å². The Hall–Kier alpha value is -4.29. The molecule has 1 aliphatic heterocycles. The lowest BCUT2D eigenvalue weighted by atomic mass is 9.69. The Morgan fingerprint density at radius 2 is 1.52 bits per heavy atom. The summed E-state index contributed by atoms with van der Waals surface area (Å²) in [4.78, 5) is 16.4. The van der Waals surface area contributed by atoms with Gasteiger partial charge in [0.2, 0.25) is 0 Å². The average molecular weight is 592 g/mol. The number of fused-ring (bicyclic) bond motifs is 1. The van der Waals surface area contributed by atoms with Gasteiger partial charge in [-0.1, -0.05) is 49.4 Å². The van der Waals surface area contributed by atoms with Gasteiger partial charge in [-0.25, -0.2) is 0 Å². The lowest BCUT2D eigenvalue weighted by Gasteiger charge is -2.44. The first-order chi connectivity index (χ1) is 21.3. The molecule has 0 spiro atoms. The summed E-state index contributed by atoms with van der Waals surface area (Å²) in [6.07, 6.45) is 3.52. The van der Waals surface area contributed by atoms with Crippen molar-refractivity contribution in [2.45, 2.75) is 50.5 Å². The van der Waals surface area contributed by atoms with E-state index in [9.17, 15) is 15.0 Å². The molecule has 4 aromatic carbocycles. The number of likely N-dealkylation sites (tertiary alicyclic amines) is 1. The molecule has 44 heavy (non-hydrogen) atoms. The Kier molecular flexibility index (Phi) is 8.37. The first-order valence-electron chi connectivity index (χ1n) is 15.5. The second kappa shape index (κ2) is 12.4. The van der Waals surface area contributed by atoms with Crippen molar-refractivity contribution in [3.63, 3.8) is 0 Å². The van der Waals surface area contributed by atoms with Crippen LogP contribution in [0.25, 0.3) is 0 Å². The van der Waals surface area contributed by atoms with E-state index in [0.29, 0.717) is 6.42 Å². The minimum atomic E-state index is -0.185. The summed E-state index contributed by atoms with van der Waals surface area (Å²) in [6, 6.07) is 28.3. The Labute approximate surface area is 259 Å². The molecule has 0 saturated carbocycles. The second-order valence-corrected chi connectivity index (χ2v) is 12.4. The SMILES string of the molecule is COc1ccc(C2(c3ccc(OC)cc3)CCCN(Cc3cccc(C(=O)C4CCc5cc(O)c(O)cc5C4C)c3)C2)cc1. The van der Waals surface area contributed by atoms with Gasteiger partial charge in [0.1, 0.15) is 11.5 Å². The number of hydrogen-bond acceptors (Lipinski definition) is 6. The van der Waals surface area contributed by atoms with Crippen molar-refractivity contribution in [1.82, 2.24) is 4.90 Å². The van der Waals surface area contributed by atoms with Crippen LogP contribution in [0.1, 0.15) is 70.3 Å². The Morgan fingerprint density at radius 1 is 0.886 bits per heavy atom. The number of methoxy groups -OCH3 is 2. The molecule has 0 amide bonds. The molecule has 2 unspecified atom stereocenters. The number of ketones is 1. The number of piperidine rings is 1. The van der Waals surface area contributed by atoms with Gasteiger partial charge in [-0.05, 0) is 108 Å². The van der Waals surface area contributed by atoms with Crippen LogP contribution in [0.4, 0.5) is 0 Å². The molecule has 0 aromatic heterocycles. The maximum atomic E-state index is 13.8.